The van der Waals surface area contributed by atoms with Gasteiger partial charge >= 0.3 is 0 Å². The summed E-state index contributed by atoms with van der Waals surface area (Å²) in [6, 6.07) is 8.28. The first-order chi connectivity index (χ1) is 10.8. The lowest BCUT2D eigenvalue weighted by Gasteiger charge is -2.44. The highest BCUT2D eigenvalue weighted by molar-refractivity contribution is 6.36. The Morgan fingerprint density at radius 2 is 1.82 bits per heavy atom. The Bertz CT molecular complexity index is 650. The van der Waals surface area contributed by atoms with Crippen molar-refractivity contribution in [3.63, 3.8) is 0 Å². The van der Waals surface area contributed by atoms with Crippen molar-refractivity contribution in [3.05, 3.63) is 35.0 Å². The number of benzene rings is 1. The molecule has 2 aliphatic rings. The van der Waals surface area contributed by atoms with Gasteiger partial charge in [0, 0.05) is 36.4 Å². The molecule has 118 valence electrons. The molecule has 1 aromatic heterocycles. The quantitative estimate of drug-likeness (QED) is 0.898. The van der Waals surface area contributed by atoms with E-state index in [1.54, 1.807) is 0 Å². The van der Waals surface area contributed by atoms with Crippen molar-refractivity contribution in [1.82, 2.24) is 9.88 Å². The summed E-state index contributed by atoms with van der Waals surface area (Å²) in [4.78, 5) is 6.03. The first kappa shape index (κ1) is 14.6. The minimum atomic E-state index is 0.555. The van der Waals surface area contributed by atoms with Gasteiger partial charge in [0.2, 0.25) is 0 Å². The Hall–Kier alpha value is -1.03. The van der Waals surface area contributed by atoms with Gasteiger partial charge in [-0.2, -0.15) is 0 Å². The van der Waals surface area contributed by atoms with Crippen molar-refractivity contribution in [2.75, 3.05) is 26.3 Å². The maximum Gasteiger partial charge on any atom is 0.0705 e. The number of ether oxygens (including phenoxy) is 1. The molecule has 2 saturated heterocycles. The summed E-state index contributed by atoms with van der Waals surface area (Å²) in [5.41, 5.74) is 2.85. The van der Waals surface area contributed by atoms with Gasteiger partial charge in [-0.1, -0.05) is 29.8 Å². The van der Waals surface area contributed by atoms with Crippen molar-refractivity contribution >= 4 is 22.5 Å². The number of hydrogen-bond acceptors (Lipinski definition) is 2. The normalized spacial score (nSPS) is 22.4. The molecule has 0 saturated carbocycles. The van der Waals surface area contributed by atoms with E-state index in [-0.39, 0.29) is 0 Å². The zero-order valence-electron chi connectivity index (χ0n) is 12.9. The predicted molar refractivity (Wildman–Crippen MR) is 90.3 cm³/mol. The van der Waals surface area contributed by atoms with Crippen LogP contribution in [0.1, 0.15) is 31.4 Å². The smallest absolute Gasteiger partial charge is 0.0705 e. The van der Waals surface area contributed by atoms with Gasteiger partial charge in [0.05, 0.1) is 5.02 Å². The second kappa shape index (κ2) is 5.88. The van der Waals surface area contributed by atoms with Gasteiger partial charge in [0.25, 0.3) is 0 Å². The summed E-state index contributed by atoms with van der Waals surface area (Å²) in [6.07, 6.45) is 5.09. The number of likely N-dealkylation sites (tertiary alicyclic amines) is 1. The van der Waals surface area contributed by atoms with E-state index in [0.717, 1.165) is 41.4 Å². The van der Waals surface area contributed by atoms with Crippen LogP contribution in [-0.4, -0.2) is 36.2 Å². The van der Waals surface area contributed by atoms with Crippen LogP contribution in [0.5, 0.6) is 0 Å². The Labute approximate surface area is 136 Å². The second-order valence-electron chi connectivity index (χ2n) is 6.85. The minimum absolute atomic E-state index is 0.555. The van der Waals surface area contributed by atoms with E-state index in [9.17, 15) is 0 Å². The number of rotatable bonds is 2. The van der Waals surface area contributed by atoms with E-state index in [1.165, 1.54) is 38.8 Å². The van der Waals surface area contributed by atoms with Crippen LogP contribution in [0.15, 0.2) is 24.3 Å². The lowest BCUT2D eigenvalue weighted by molar-refractivity contribution is -0.0219. The lowest BCUT2D eigenvalue weighted by Crippen LogP contribution is -2.42. The molecule has 3 nitrogen and oxygen atoms in total. The van der Waals surface area contributed by atoms with Crippen molar-refractivity contribution < 1.29 is 4.74 Å². The van der Waals surface area contributed by atoms with Gasteiger partial charge in [-0.3, -0.25) is 4.90 Å². The zero-order chi connectivity index (χ0) is 15.0. The van der Waals surface area contributed by atoms with Crippen molar-refractivity contribution in [2.45, 2.75) is 32.2 Å². The van der Waals surface area contributed by atoms with Crippen molar-refractivity contribution in [2.24, 2.45) is 5.41 Å². The first-order valence-electron chi connectivity index (χ1n) is 8.31. The lowest BCUT2D eigenvalue weighted by atomic mass is 9.72. The molecule has 1 aromatic carbocycles. The third-order valence-corrected chi connectivity index (χ3v) is 6.00. The van der Waals surface area contributed by atoms with E-state index in [0.29, 0.717) is 5.41 Å². The monoisotopic (exact) mass is 318 g/mol. The van der Waals surface area contributed by atoms with Gasteiger partial charge in [0.15, 0.2) is 0 Å². The largest absolute Gasteiger partial charge is 0.381 e. The molecule has 2 aliphatic heterocycles. The number of para-hydroxylation sites is 1. The maximum absolute atomic E-state index is 6.54. The molecule has 0 unspecified atom stereocenters. The Kier molecular flexibility index (Phi) is 3.89. The van der Waals surface area contributed by atoms with Gasteiger partial charge in [-0.15, -0.1) is 0 Å². The Morgan fingerprint density at radius 3 is 2.55 bits per heavy atom. The molecule has 1 N–H and O–H groups in total. The Morgan fingerprint density at radius 1 is 1.09 bits per heavy atom. The Balaban J connectivity index is 1.44. The molecule has 4 heteroatoms. The number of fused-ring (bicyclic) bond motifs is 1. The highest BCUT2D eigenvalue weighted by atomic mass is 35.5. The van der Waals surface area contributed by atoms with Crippen LogP contribution in [0, 0.1) is 5.41 Å². The molecule has 2 fully saturated rings. The SMILES string of the molecule is Clc1c(CN2CCC3(CCOCC3)CC2)[nH]c2ccccc12. The molecule has 0 radical (unpaired) electrons. The summed E-state index contributed by atoms with van der Waals surface area (Å²) in [7, 11) is 0. The zero-order valence-corrected chi connectivity index (χ0v) is 13.7. The van der Waals surface area contributed by atoms with Gasteiger partial charge in [-0.25, -0.2) is 0 Å². The van der Waals surface area contributed by atoms with Gasteiger partial charge < -0.3 is 9.72 Å². The molecule has 0 atom stereocenters. The average molecular weight is 319 g/mol. The molecular formula is C18H23ClN2O. The van der Waals surface area contributed by atoms with Gasteiger partial charge in [0.1, 0.15) is 0 Å². The standard InChI is InChI=1S/C18H23ClN2O/c19-17-14-3-1-2-4-15(14)20-16(17)13-21-9-5-18(6-10-21)7-11-22-12-8-18/h1-4,20H,5-13H2. The maximum atomic E-state index is 6.54. The van der Waals surface area contributed by atoms with Crippen LogP contribution in [0.3, 0.4) is 0 Å². The second-order valence-corrected chi connectivity index (χ2v) is 7.23. The van der Waals surface area contributed by atoms with E-state index in [1.807, 2.05) is 6.07 Å². The number of nitrogens with zero attached hydrogens (tertiary/aromatic N) is 1. The topological polar surface area (TPSA) is 28.3 Å². The fourth-order valence-electron chi connectivity index (χ4n) is 3.99. The van der Waals surface area contributed by atoms with Crippen LogP contribution in [0.25, 0.3) is 10.9 Å². The van der Waals surface area contributed by atoms with Crippen LogP contribution in [0.2, 0.25) is 5.02 Å². The number of nitrogens with one attached hydrogen (secondary N) is 1. The van der Waals surface area contributed by atoms with Crippen LogP contribution < -0.4 is 0 Å². The van der Waals surface area contributed by atoms with Crippen LogP contribution in [0.4, 0.5) is 0 Å². The summed E-state index contributed by atoms with van der Waals surface area (Å²) in [5, 5.41) is 2.03. The highest BCUT2D eigenvalue weighted by Gasteiger charge is 2.36. The molecule has 0 amide bonds. The summed E-state index contributed by atoms with van der Waals surface area (Å²) in [6.45, 7) is 5.18. The first-order valence-corrected chi connectivity index (χ1v) is 8.69. The predicted octanol–water partition coefficient (Wildman–Crippen LogP) is 4.21. The van der Waals surface area contributed by atoms with E-state index in [4.69, 9.17) is 16.3 Å². The number of piperidine rings is 1. The number of aromatic nitrogens is 1. The summed E-state index contributed by atoms with van der Waals surface area (Å²) >= 11 is 6.54. The molecule has 3 heterocycles. The third kappa shape index (κ3) is 2.66. The van der Waals surface area contributed by atoms with Gasteiger partial charge in [-0.05, 0) is 50.3 Å². The molecule has 0 aliphatic carbocycles. The average Bonchev–Trinajstić information content (AvgIpc) is 2.87. The summed E-state index contributed by atoms with van der Waals surface area (Å²) in [5.74, 6) is 0. The number of halogens is 1. The minimum Gasteiger partial charge on any atom is -0.381 e. The van der Waals surface area contributed by atoms with E-state index < -0.39 is 0 Å². The molecule has 2 aromatic rings. The van der Waals surface area contributed by atoms with E-state index >= 15 is 0 Å². The molecular weight excluding hydrogens is 296 g/mol. The third-order valence-electron chi connectivity index (χ3n) is 5.57. The fourth-order valence-corrected chi connectivity index (χ4v) is 4.26. The van der Waals surface area contributed by atoms with Crippen molar-refractivity contribution in [3.8, 4) is 0 Å². The number of aromatic amines is 1. The van der Waals surface area contributed by atoms with Crippen molar-refractivity contribution in [1.29, 1.82) is 0 Å². The number of H-pyrrole nitrogens is 1. The molecule has 4 rings (SSSR count). The van der Waals surface area contributed by atoms with Crippen LogP contribution in [-0.2, 0) is 11.3 Å². The number of hydrogen-bond donors (Lipinski definition) is 1. The summed E-state index contributed by atoms with van der Waals surface area (Å²) < 4.78 is 5.53. The molecule has 22 heavy (non-hydrogen) atoms. The van der Waals surface area contributed by atoms with E-state index in [2.05, 4.69) is 28.1 Å². The fraction of sp³-hybridized carbons (Fsp3) is 0.556. The molecule has 0 bridgehead atoms. The molecule has 1 spiro atoms. The highest BCUT2D eigenvalue weighted by Crippen LogP contribution is 2.41. The van der Waals surface area contributed by atoms with Crippen LogP contribution >= 0.6 is 11.6 Å².